The molecular formula is C21H26N2O4. The van der Waals surface area contributed by atoms with Gasteiger partial charge in [0.25, 0.3) is 5.91 Å². The molecular weight excluding hydrogens is 344 g/mol. The number of ether oxygens (including phenoxy) is 3. The number of rotatable bonds is 7. The first kappa shape index (κ1) is 20.3. The molecule has 0 heterocycles. The van der Waals surface area contributed by atoms with Gasteiger partial charge in [-0.15, -0.1) is 0 Å². The summed E-state index contributed by atoms with van der Waals surface area (Å²) in [5, 5.41) is 4.14. The number of carbonyl (C=O) groups is 1. The summed E-state index contributed by atoms with van der Waals surface area (Å²) in [6.07, 6.45) is 0. The van der Waals surface area contributed by atoms with Crippen LogP contribution in [-0.4, -0.2) is 32.4 Å². The zero-order valence-corrected chi connectivity index (χ0v) is 16.7. The van der Waals surface area contributed by atoms with Crippen molar-refractivity contribution in [2.24, 2.45) is 5.10 Å². The second-order valence-corrected chi connectivity index (χ2v) is 6.32. The van der Waals surface area contributed by atoms with E-state index in [1.165, 1.54) is 0 Å². The fourth-order valence-corrected chi connectivity index (χ4v) is 2.84. The zero-order valence-electron chi connectivity index (χ0n) is 16.7. The molecule has 1 N–H and O–H groups in total. The molecule has 6 nitrogen and oxygen atoms in total. The lowest BCUT2D eigenvalue weighted by atomic mass is 10.1. The predicted octanol–water partition coefficient (Wildman–Crippen LogP) is 3.55. The number of methoxy groups -OCH3 is 2. The highest BCUT2D eigenvalue weighted by Crippen LogP contribution is 2.27. The van der Waals surface area contributed by atoms with Gasteiger partial charge in [0.15, 0.2) is 18.1 Å². The van der Waals surface area contributed by atoms with Crippen molar-refractivity contribution in [3.63, 3.8) is 0 Å². The monoisotopic (exact) mass is 370 g/mol. The molecule has 2 rings (SSSR count). The summed E-state index contributed by atoms with van der Waals surface area (Å²) in [4.78, 5) is 12.1. The molecule has 0 atom stereocenters. The molecule has 144 valence electrons. The summed E-state index contributed by atoms with van der Waals surface area (Å²) < 4.78 is 16.2. The topological polar surface area (TPSA) is 69.2 Å². The van der Waals surface area contributed by atoms with Gasteiger partial charge in [-0.1, -0.05) is 17.7 Å². The van der Waals surface area contributed by atoms with E-state index in [-0.39, 0.29) is 12.5 Å². The van der Waals surface area contributed by atoms with E-state index >= 15 is 0 Å². The Kier molecular flexibility index (Phi) is 6.82. The Labute approximate surface area is 160 Å². The summed E-state index contributed by atoms with van der Waals surface area (Å²) >= 11 is 0. The molecule has 27 heavy (non-hydrogen) atoms. The molecule has 0 bridgehead atoms. The van der Waals surface area contributed by atoms with Crippen molar-refractivity contribution in [1.29, 1.82) is 0 Å². The number of hydrazone groups is 1. The van der Waals surface area contributed by atoms with E-state index in [0.29, 0.717) is 17.2 Å². The van der Waals surface area contributed by atoms with Crippen LogP contribution in [-0.2, 0) is 4.79 Å². The molecule has 2 aromatic carbocycles. The van der Waals surface area contributed by atoms with Crippen LogP contribution in [0.2, 0.25) is 0 Å². The minimum absolute atomic E-state index is 0.104. The van der Waals surface area contributed by atoms with Gasteiger partial charge >= 0.3 is 0 Å². The quantitative estimate of drug-likeness (QED) is 0.598. The molecule has 0 aliphatic heterocycles. The first-order valence-electron chi connectivity index (χ1n) is 8.62. The van der Waals surface area contributed by atoms with Gasteiger partial charge in [0.1, 0.15) is 5.75 Å². The third-order valence-electron chi connectivity index (χ3n) is 4.10. The van der Waals surface area contributed by atoms with E-state index < -0.39 is 0 Å². The van der Waals surface area contributed by atoms with Gasteiger partial charge in [0.2, 0.25) is 0 Å². The van der Waals surface area contributed by atoms with E-state index in [9.17, 15) is 4.79 Å². The highest BCUT2D eigenvalue weighted by atomic mass is 16.5. The number of nitrogens with zero attached hydrogens (tertiary/aromatic N) is 1. The van der Waals surface area contributed by atoms with Crippen LogP contribution in [0.5, 0.6) is 17.2 Å². The van der Waals surface area contributed by atoms with Crippen molar-refractivity contribution >= 4 is 11.6 Å². The van der Waals surface area contributed by atoms with Gasteiger partial charge in [0.05, 0.1) is 19.9 Å². The molecule has 0 saturated carbocycles. The molecule has 2 aromatic rings. The van der Waals surface area contributed by atoms with Crippen LogP contribution >= 0.6 is 0 Å². The lowest BCUT2D eigenvalue weighted by Gasteiger charge is -2.12. The first-order chi connectivity index (χ1) is 12.8. The maximum atomic E-state index is 12.1. The molecule has 0 saturated heterocycles. The predicted molar refractivity (Wildman–Crippen MR) is 106 cm³/mol. The third kappa shape index (κ3) is 5.23. The molecule has 0 aliphatic carbocycles. The number of carbonyl (C=O) groups excluding carboxylic acids is 1. The molecule has 0 aliphatic rings. The Hall–Kier alpha value is -3.02. The summed E-state index contributed by atoms with van der Waals surface area (Å²) in [7, 11) is 3.15. The second-order valence-electron chi connectivity index (χ2n) is 6.32. The third-order valence-corrected chi connectivity index (χ3v) is 4.10. The van der Waals surface area contributed by atoms with Crippen LogP contribution in [0.1, 0.15) is 29.2 Å². The maximum absolute atomic E-state index is 12.1. The highest BCUT2D eigenvalue weighted by Gasteiger charge is 2.09. The Morgan fingerprint density at radius 2 is 1.63 bits per heavy atom. The number of aryl methyl sites for hydroxylation is 3. The summed E-state index contributed by atoms with van der Waals surface area (Å²) in [6.45, 7) is 7.66. The van der Waals surface area contributed by atoms with Crippen molar-refractivity contribution in [3.8, 4) is 17.2 Å². The Morgan fingerprint density at radius 1 is 1.00 bits per heavy atom. The van der Waals surface area contributed by atoms with Crippen LogP contribution < -0.4 is 19.6 Å². The molecule has 0 unspecified atom stereocenters. The Bertz CT molecular complexity index is 836. The lowest BCUT2D eigenvalue weighted by molar-refractivity contribution is -0.123. The van der Waals surface area contributed by atoms with Gasteiger partial charge in [0, 0.05) is 5.56 Å². The molecule has 0 aromatic heterocycles. The number of hydrogen-bond acceptors (Lipinski definition) is 5. The first-order valence-corrected chi connectivity index (χ1v) is 8.62. The largest absolute Gasteiger partial charge is 0.493 e. The van der Waals surface area contributed by atoms with Crippen molar-refractivity contribution in [2.75, 3.05) is 20.8 Å². The van der Waals surface area contributed by atoms with Crippen molar-refractivity contribution in [2.45, 2.75) is 27.7 Å². The number of benzene rings is 2. The number of amides is 1. The fourth-order valence-electron chi connectivity index (χ4n) is 2.84. The smallest absolute Gasteiger partial charge is 0.277 e. The van der Waals surface area contributed by atoms with Gasteiger partial charge in [-0.3, -0.25) is 4.79 Å². The van der Waals surface area contributed by atoms with Crippen LogP contribution in [0.4, 0.5) is 0 Å². The van der Waals surface area contributed by atoms with Crippen LogP contribution in [0, 0.1) is 20.8 Å². The SMILES string of the molecule is COc1ccc(/C(C)=N/NC(=O)COc2c(C)cc(C)cc2C)cc1OC. The van der Waals surface area contributed by atoms with Crippen LogP contribution in [0.25, 0.3) is 0 Å². The fraction of sp³-hybridized carbons (Fsp3) is 0.333. The molecule has 1 amide bonds. The van der Waals surface area contributed by atoms with Crippen molar-refractivity contribution in [1.82, 2.24) is 5.43 Å². The Morgan fingerprint density at radius 3 is 2.22 bits per heavy atom. The molecule has 0 spiro atoms. The zero-order chi connectivity index (χ0) is 20.0. The van der Waals surface area contributed by atoms with Crippen molar-refractivity contribution < 1.29 is 19.0 Å². The minimum atomic E-state index is -0.325. The Balaban J connectivity index is 2.00. The second kappa shape index (κ2) is 9.07. The standard InChI is InChI=1S/C21H26N2O4/c1-13-9-14(2)21(15(3)10-13)27-12-20(24)23-22-16(4)17-7-8-18(25-5)19(11-17)26-6/h7-11H,12H2,1-6H3,(H,23,24)/b22-16+. The summed E-state index contributed by atoms with van der Waals surface area (Å²) in [6, 6.07) is 9.50. The van der Waals surface area contributed by atoms with E-state index in [2.05, 4.69) is 10.5 Å². The molecule has 6 heteroatoms. The number of hydrogen-bond donors (Lipinski definition) is 1. The van der Waals surface area contributed by atoms with Gasteiger partial charge in [-0.25, -0.2) is 5.43 Å². The average molecular weight is 370 g/mol. The average Bonchev–Trinajstić information content (AvgIpc) is 2.64. The maximum Gasteiger partial charge on any atom is 0.277 e. The molecule has 0 fully saturated rings. The number of nitrogens with one attached hydrogen (secondary N) is 1. The van der Waals surface area contributed by atoms with E-state index in [4.69, 9.17) is 14.2 Å². The van der Waals surface area contributed by atoms with E-state index in [1.807, 2.05) is 39.0 Å². The summed E-state index contributed by atoms with van der Waals surface area (Å²) in [5.74, 6) is 1.64. The van der Waals surface area contributed by atoms with Gasteiger partial charge in [-0.2, -0.15) is 5.10 Å². The molecule has 0 radical (unpaired) electrons. The van der Waals surface area contributed by atoms with Gasteiger partial charge < -0.3 is 14.2 Å². The lowest BCUT2D eigenvalue weighted by Crippen LogP contribution is -2.26. The van der Waals surface area contributed by atoms with E-state index in [1.54, 1.807) is 33.3 Å². The minimum Gasteiger partial charge on any atom is -0.493 e. The normalized spacial score (nSPS) is 11.1. The van der Waals surface area contributed by atoms with Crippen molar-refractivity contribution in [3.05, 3.63) is 52.6 Å². The van der Waals surface area contributed by atoms with Crippen LogP contribution in [0.3, 0.4) is 0 Å². The highest BCUT2D eigenvalue weighted by molar-refractivity contribution is 5.99. The summed E-state index contributed by atoms with van der Waals surface area (Å²) in [5.41, 5.74) is 7.16. The van der Waals surface area contributed by atoms with E-state index in [0.717, 1.165) is 28.0 Å². The van der Waals surface area contributed by atoms with Crippen LogP contribution in [0.15, 0.2) is 35.4 Å². The van der Waals surface area contributed by atoms with Gasteiger partial charge in [-0.05, 0) is 57.0 Å².